The minimum absolute atomic E-state index is 0.0264. The number of nitrogens with zero attached hydrogens (tertiary/aromatic N) is 2. The van der Waals surface area contributed by atoms with Gasteiger partial charge in [-0.05, 0) is 68.8 Å². The van der Waals surface area contributed by atoms with Crippen LogP contribution >= 0.6 is 11.3 Å². The summed E-state index contributed by atoms with van der Waals surface area (Å²) in [5.41, 5.74) is 14.3. The average Bonchev–Trinajstić information content (AvgIpc) is 3.60. The van der Waals surface area contributed by atoms with Gasteiger partial charge in [0.1, 0.15) is 0 Å². The third-order valence-corrected chi connectivity index (χ3v) is 10.7. The van der Waals surface area contributed by atoms with Crippen LogP contribution in [0.2, 0.25) is 0 Å². The van der Waals surface area contributed by atoms with Crippen LogP contribution < -0.4 is 0 Å². The number of benzene rings is 6. The molecule has 8 aromatic rings. The third kappa shape index (κ3) is 4.23. The molecule has 0 N–H and O–H groups in total. The fourth-order valence-electron chi connectivity index (χ4n) is 7.11. The highest BCUT2D eigenvalue weighted by Crippen LogP contribution is 2.49. The molecule has 0 atom stereocenters. The molecule has 1 aliphatic carbocycles. The standard InChI is InChI=1S/C43H30N2S/c1-43(2)36-20-8-6-18-33(36)34-23-22-31(26-37(34)43)29-15-10-14-28(24-29)30-16-11-17-32(25-30)42-44-39(27-12-4-3-5-13-27)41-40(45-42)35-19-7-9-21-38(35)46-41/h3-26H,1-2H3. The van der Waals surface area contributed by atoms with Crippen molar-refractivity contribution < 1.29 is 0 Å². The largest absolute Gasteiger partial charge is 0.226 e. The summed E-state index contributed by atoms with van der Waals surface area (Å²) < 4.78 is 2.35. The van der Waals surface area contributed by atoms with E-state index < -0.39 is 0 Å². The van der Waals surface area contributed by atoms with Crippen LogP contribution in [0.3, 0.4) is 0 Å². The minimum Gasteiger partial charge on any atom is -0.226 e. The normalized spacial score (nSPS) is 13.2. The van der Waals surface area contributed by atoms with Gasteiger partial charge in [0.05, 0.1) is 15.9 Å². The Balaban J connectivity index is 1.14. The lowest BCUT2D eigenvalue weighted by Crippen LogP contribution is -2.14. The van der Waals surface area contributed by atoms with Crippen molar-refractivity contribution in [3.63, 3.8) is 0 Å². The van der Waals surface area contributed by atoms with E-state index >= 15 is 0 Å². The highest BCUT2D eigenvalue weighted by atomic mass is 32.1. The van der Waals surface area contributed by atoms with Gasteiger partial charge in [-0.3, -0.25) is 0 Å². The van der Waals surface area contributed by atoms with Gasteiger partial charge >= 0.3 is 0 Å². The highest BCUT2D eigenvalue weighted by Gasteiger charge is 2.35. The zero-order valence-corrected chi connectivity index (χ0v) is 26.5. The van der Waals surface area contributed by atoms with E-state index in [4.69, 9.17) is 9.97 Å². The molecular weight excluding hydrogens is 577 g/mol. The van der Waals surface area contributed by atoms with Crippen molar-refractivity contribution in [1.29, 1.82) is 0 Å². The van der Waals surface area contributed by atoms with Crippen LogP contribution in [0.25, 0.3) is 76.3 Å². The molecule has 1 aliphatic rings. The molecule has 6 aromatic carbocycles. The number of hydrogen-bond acceptors (Lipinski definition) is 3. The van der Waals surface area contributed by atoms with E-state index in [9.17, 15) is 0 Å². The lowest BCUT2D eigenvalue weighted by molar-refractivity contribution is 0.660. The highest BCUT2D eigenvalue weighted by molar-refractivity contribution is 7.26. The molecular formula is C43H30N2S. The molecule has 2 nitrogen and oxygen atoms in total. The van der Waals surface area contributed by atoms with Crippen LogP contribution in [0.4, 0.5) is 0 Å². The van der Waals surface area contributed by atoms with Gasteiger partial charge in [-0.1, -0.05) is 135 Å². The van der Waals surface area contributed by atoms with Gasteiger partial charge in [0.2, 0.25) is 0 Å². The second-order valence-electron chi connectivity index (χ2n) is 12.6. The summed E-state index contributed by atoms with van der Waals surface area (Å²) in [5.74, 6) is 0.744. The molecule has 0 aliphatic heterocycles. The molecule has 0 saturated carbocycles. The van der Waals surface area contributed by atoms with E-state index in [1.807, 2.05) is 6.07 Å². The van der Waals surface area contributed by atoms with Crippen molar-refractivity contribution in [2.75, 3.05) is 0 Å². The van der Waals surface area contributed by atoms with Gasteiger partial charge in [-0.25, -0.2) is 9.97 Å². The fraction of sp³-hybridized carbons (Fsp3) is 0.0698. The Labute approximate surface area is 272 Å². The summed E-state index contributed by atoms with van der Waals surface area (Å²) in [5, 5.41) is 1.17. The molecule has 46 heavy (non-hydrogen) atoms. The van der Waals surface area contributed by atoms with Crippen LogP contribution in [0.1, 0.15) is 25.0 Å². The maximum atomic E-state index is 5.20. The Bertz CT molecular complexity index is 2450. The van der Waals surface area contributed by atoms with Gasteiger partial charge in [0.25, 0.3) is 0 Å². The Kier molecular flexibility index (Phi) is 6.06. The number of aromatic nitrogens is 2. The molecule has 0 bridgehead atoms. The molecule has 3 heteroatoms. The first-order valence-electron chi connectivity index (χ1n) is 15.7. The summed E-state index contributed by atoms with van der Waals surface area (Å²) in [4.78, 5) is 10.4. The molecule has 0 unspecified atom stereocenters. The quantitative estimate of drug-likeness (QED) is 0.199. The van der Waals surface area contributed by atoms with Gasteiger partial charge in [0, 0.05) is 26.6 Å². The molecule has 9 rings (SSSR count). The van der Waals surface area contributed by atoms with Crippen LogP contribution in [0, 0.1) is 0 Å². The maximum absolute atomic E-state index is 5.20. The van der Waals surface area contributed by atoms with Gasteiger partial charge in [-0.15, -0.1) is 11.3 Å². The van der Waals surface area contributed by atoms with Crippen molar-refractivity contribution in [2.45, 2.75) is 19.3 Å². The minimum atomic E-state index is -0.0264. The van der Waals surface area contributed by atoms with E-state index in [0.717, 1.165) is 38.4 Å². The number of rotatable bonds is 4. The van der Waals surface area contributed by atoms with E-state index in [2.05, 4.69) is 153 Å². The molecule has 0 spiro atoms. The number of hydrogen-bond donors (Lipinski definition) is 0. The summed E-state index contributed by atoms with van der Waals surface area (Å²) in [7, 11) is 0. The van der Waals surface area contributed by atoms with Crippen molar-refractivity contribution in [3.8, 4) is 56.0 Å². The van der Waals surface area contributed by atoms with Gasteiger partial charge in [0.15, 0.2) is 5.82 Å². The van der Waals surface area contributed by atoms with Gasteiger partial charge in [-0.2, -0.15) is 0 Å². The van der Waals surface area contributed by atoms with E-state index in [1.165, 1.54) is 49.0 Å². The first-order valence-corrected chi connectivity index (χ1v) is 16.6. The third-order valence-electron chi connectivity index (χ3n) is 9.50. The van der Waals surface area contributed by atoms with E-state index in [-0.39, 0.29) is 5.41 Å². The van der Waals surface area contributed by atoms with Crippen molar-refractivity contribution >= 4 is 31.6 Å². The lowest BCUT2D eigenvalue weighted by atomic mass is 9.81. The Morgan fingerprint density at radius 2 is 1.09 bits per heavy atom. The Morgan fingerprint density at radius 3 is 1.89 bits per heavy atom. The molecule has 2 aromatic heterocycles. The molecule has 0 radical (unpaired) electrons. The predicted octanol–water partition coefficient (Wildman–Crippen LogP) is 11.8. The molecule has 218 valence electrons. The Morgan fingerprint density at radius 1 is 0.478 bits per heavy atom. The van der Waals surface area contributed by atoms with Crippen LogP contribution in [-0.4, -0.2) is 9.97 Å². The second kappa shape index (κ2) is 10.3. The summed E-state index contributed by atoms with van der Waals surface area (Å²) in [6.07, 6.45) is 0. The second-order valence-corrected chi connectivity index (χ2v) is 13.7. The van der Waals surface area contributed by atoms with Crippen molar-refractivity contribution in [1.82, 2.24) is 9.97 Å². The molecule has 0 saturated heterocycles. The Hall–Kier alpha value is -5.38. The monoisotopic (exact) mass is 606 g/mol. The maximum Gasteiger partial charge on any atom is 0.160 e. The molecule has 0 amide bonds. The number of thiophene rings is 1. The van der Waals surface area contributed by atoms with Crippen molar-refractivity contribution in [3.05, 3.63) is 157 Å². The lowest BCUT2D eigenvalue weighted by Gasteiger charge is -2.22. The molecule has 0 fully saturated rings. The average molecular weight is 607 g/mol. The van der Waals surface area contributed by atoms with Gasteiger partial charge < -0.3 is 0 Å². The SMILES string of the molecule is CC1(C)c2ccccc2-c2ccc(-c3cccc(-c4cccc(-c5nc(-c6ccccc6)c6sc7ccccc7c6n5)c4)c3)cc21. The smallest absolute Gasteiger partial charge is 0.160 e. The summed E-state index contributed by atoms with van der Waals surface area (Å²) >= 11 is 1.77. The van der Waals surface area contributed by atoms with E-state index in [0.29, 0.717) is 0 Å². The van der Waals surface area contributed by atoms with E-state index in [1.54, 1.807) is 11.3 Å². The fourth-order valence-corrected chi connectivity index (χ4v) is 8.27. The number of fused-ring (bicyclic) bond motifs is 6. The molecule has 2 heterocycles. The zero-order chi connectivity index (χ0) is 30.8. The van der Waals surface area contributed by atoms with Crippen LogP contribution in [0.5, 0.6) is 0 Å². The first kappa shape index (κ1) is 27.0. The topological polar surface area (TPSA) is 25.8 Å². The van der Waals surface area contributed by atoms with Crippen LogP contribution in [-0.2, 0) is 5.41 Å². The summed E-state index contributed by atoms with van der Waals surface area (Å²) in [6, 6.07) is 52.3. The predicted molar refractivity (Wildman–Crippen MR) is 194 cm³/mol. The zero-order valence-electron chi connectivity index (χ0n) is 25.7. The first-order chi connectivity index (χ1) is 22.5. The van der Waals surface area contributed by atoms with Crippen LogP contribution in [0.15, 0.2) is 146 Å². The van der Waals surface area contributed by atoms with Crippen molar-refractivity contribution in [2.24, 2.45) is 0 Å². The summed E-state index contributed by atoms with van der Waals surface area (Å²) in [6.45, 7) is 4.68.